The van der Waals surface area contributed by atoms with Crippen molar-refractivity contribution in [2.75, 3.05) is 13.1 Å². The Kier molecular flexibility index (Phi) is 4.03. The molecule has 0 aromatic heterocycles. The zero-order valence-electron chi connectivity index (χ0n) is 9.51. The molecule has 1 aliphatic rings. The summed E-state index contributed by atoms with van der Waals surface area (Å²) in [5.41, 5.74) is 3.03. The van der Waals surface area contributed by atoms with Crippen LogP contribution in [0.2, 0.25) is 0 Å². The minimum Gasteiger partial charge on any atom is -0.311 e. The molecule has 0 fully saturated rings. The first-order chi connectivity index (χ1) is 7.77. The van der Waals surface area contributed by atoms with Crippen molar-refractivity contribution in [2.45, 2.75) is 25.2 Å². The highest BCUT2D eigenvalue weighted by Gasteiger charge is 2.18. The van der Waals surface area contributed by atoms with Crippen LogP contribution in [-0.2, 0) is 6.42 Å². The lowest BCUT2D eigenvalue weighted by Gasteiger charge is -2.25. The van der Waals surface area contributed by atoms with Gasteiger partial charge in [-0.1, -0.05) is 42.4 Å². The van der Waals surface area contributed by atoms with Crippen molar-refractivity contribution in [3.63, 3.8) is 0 Å². The fraction of sp³-hybridized carbons (Fsp3) is 0.429. The summed E-state index contributed by atoms with van der Waals surface area (Å²) in [5.74, 6) is 0.640. The van der Waals surface area contributed by atoms with E-state index in [4.69, 9.17) is 11.6 Å². The first-order valence-electron chi connectivity index (χ1n) is 5.89. The second kappa shape index (κ2) is 5.51. The van der Waals surface area contributed by atoms with E-state index in [1.54, 1.807) is 0 Å². The van der Waals surface area contributed by atoms with Crippen molar-refractivity contribution in [2.24, 2.45) is 0 Å². The number of aryl methyl sites for hydroxylation is 1. The van der Waals surface area contributed by atoms with Crippen LogP contribution in [0.1, 0.15) is 29.9 Å². The van der Waals surface area contributed by atoms with Crippen LogP contribution in [-0.4, -0.2) is 13.1 Å². The summed E-state index contributed by atoms with van der Waals surface area (Å²) in [5, 5.41) is 4.05. The number of hydrogen-bond acceptors (Lipinski definition) is 1. The lowest BCUT2D eigenvalue weighted by Crippen LogP contribution is -2.25. The van der Waals surface area contributed by atoms with E-state index in [-0.39, 0.29) is 0 Å². The summed E-state index contributed by atoms with van der Waals surface area (Å²) in [6, 6.07) is 8.78. The molecule has 1 N–H and O–H groups in total. The molecule has 1 nitrogen and oxygen atoms in total. The lowest BCUT2D eigenvalue weighted by atomic mass is 9.83. The molecule has 1 aliphatic carbocycles. The van der Waals surface area contributed by atoms with E-state index >= 15 is 0 Å². The van der Waals surface area contributed by atoms with Gasteiger partial charge in [-0.3, -0.25) is 0 Å². The summed E-state index contributed by atoms with van der Waals surface area (Å²) >= 11 is 5.74. The zero-order chi connectivity index (χ0) is 11.4. The first-order valence-corrected chi connectivity index (χ1v) is 6.27. The van der Waals surface area contributed by atoms with Gasteiger partial charge in [0.2, 0.25) is 0 Å². The van der Waals surface area contributed by atoms with Crippen LogP contribution < -0.4 is 5.32 Å². The predicted molar refractivity (Wildman–Crippen MR) is 70.0 cm³/mol. The SMILES string of the molecule is C=C(Cl)CNCC1CCCc2ccccc21. The Morgan fingerprint density at radius 2 is 2.25 bits per heavy atom. The number of benzene rings is 1. The van der Waals surface area contributed by atoms with Gasteiger partial charge in [0.15, 0.2) is 0 Å². The standard InChI is InChI=1S/C14H18ClN/c1-11(15)9-16-10-13-7-4-6-12-5-2-3-8-14(12)13/h2-3,5,8,13,16H,1,4,6-7,9-10H2. The highest BCUT2D eigenvalue weighted by atomic mass is 35.5. The van der Waals surface area contributed by atoms with Crippen molar-refractivity contribution in [1.29, 1.82) is 0 Å². The average Bonchev–Trinajstić information content (AvgIpc) is 2.29. The third-order valence-corrected chi connectivity index (χ3v) is 3.33. The minimum atomic E-state index is 0.640. The van der Waals surface area contributed by atoms with E-state index in [1.165, 1.54) is 30.4 Å². The van der Waals surface area contributed by atoms with E-state index in [0.717, 1.165) is 6.54 Å². The largest absolute Gasteiger partial charge is 0.311 e. The molecule has 0 bridgehead atoms. The predicted octanol–water partition coefficient (Wildman–Crippen LogP) is 3.45. The van der Waals surface area contributed by atoms with Gasteiger partial charge in [0.1, 0.15) is 0 Å². The smallest absolute Gasteiger partial charge is 0.0307 e. The van der Waals surface area contributed by atoms with Gasteiger partial charge in [-0.25, -0.2) is 0 Å². The molecule has 1 atom stereocenters. The quantitative estimate of drug-likeness (QED) is 0.843. The molecule has 0 spiro atoms. The van der Waals surface area contributed by atoms with Crippen LogP contribution in [0.25, 0.3) is 0 Å². The summed E-state index contributed by atoms with van der Waals surface area (Å²) in [6.45, 7) is 5.40. The van der Waals surface area contributed by atoms with Crippen molar-refractivity contribution in [1.82, 2.24) is 5.32 Å². The fourth-order valence-corrected chi connectivity index (χ4v) is 2.54. The minimum absolute atomic E-state index is 0.640. The Morgan fingerprint density at radius 3 is 3.06 bits per heavy atom. The maximum Gasteiger partial charge on any atom is 0.0307 e. The van der Waals surface area contributed by atoms with E-state index in [1.807, 2.05) is 0 Å². The van der Waals surface area contributed by atoms with Gasteiger partial charge in [0.05, 0.1) is 0 Å². The first kappa shape index (κ1) is 11.7. The van der Waals surface area contributed by atoms with Gasteiger partial charge in [-0.2, -0.15) is 0 Å². The topological polar surface area (TPSA) is 12.0 Å². The lowest BCUT2D eigenvalue weighted by molar-refractivity contribution is 0.519. The van der Waals surface area contributed by atoms with Crippen molar-refractivity contribution >= 4 is 11.6 Å². The summed E-state index contributed by atoms with van der Waals surface area (Å²) in [6.07, 6.45) is 3.80. The maximum absolute atomic E-state index is 5.74. The summed E-state index contributed by atoms with van der Waals surface area (Å²) in [7, 11) is 0. The highest BCUT2D eigenvalue weighted by molar-refractivity contribution is 6.29. The molecule has 2 rings (SSSR count). The monoisotopic (exact) mass is 235 g/mol. The van der Waals surface area contributed by atoms with E-state index in [2.05, 4.69) is 36.2 Å². The molecular formula is C14H18ClN. The fourth-order valence-electron chi connectivity index (χ4n) is 2.45. The van der Waals surface area contributed by atoms with Crippen LogP contribution in [0, 0.1) is 0 Å². The Balaban J connectivity index is 1.99. The molecule has 86 valence electrons. The molecule has 16 heavy (non-hydrogen) atoms. The van der Waals surface area contributed by atoms with Gasteiger partial charge in [-0.15, -0.1) is 0 Å². The van der Waals surface area contributed by atoms with Crippen LogP contribution in [0.3, 0.4) is 0 Å². The van der Waals surface area contributed by atoms with Crippen molar-refractivity contribution in [3.8, 4) is 0 Å². The molecule has 0 saturated carbocycles. The van der Waals surface area contributed by atoms with Crippen LogP contribution in [0.5, 0.6) is 0 Å². The van der Waals surface area contributed by atoms with Crippen LogP contribution in [0.15, 0.2) is 35.9 Å². The van der Waals surface area contributed by atoms with E-state index in [9.17, 15) is 0 Å². The second-order valence-corrected chi connectivity index (χ2v) is 4.97. The molecule has 0 heterocycles. The number of hydrogen-bond donors (Lipinski definition) is 1. The van der Waals surface area contributed by atoms with Crippen molar-refractivity contribution in [3.05, 3.63) is 47.0 Å². The molecule has 0 saturated heterocycles. The summed E-state index contributed by atoms with van der Waals surface area (Å²) < 4.78 is 0. The van der Waals surface area contributed by atoms with Crippen molar-refractivity contribution < 1.29 is 0 Å². The van der Waals surface area contributed by atoms with Crippen LogP contribution in [0.4, 0.5) is 0 Å². The number of nitrogens with one attached hydrogen (secondary N) is 1. The average molecular weight is 236 g/mol. The molecule has 1 aromatic rings. The molecule has 0 aliphatic heterocycles. The number of halogens is 1. The second-order valence-electron chi connectivity index (χ2n) is 4.44. The molecule has 2 heteroatoms. The molecule has 0 radical (unpaired) electrons. The van der Waals surface area contributed by atoms with Gasteiger partial charge >= 0.3 is 0 Å². The number of fused-ring (bicyclic) bond motifs is 1. The summed E-state index contributed by atoms with van der Waals surface area (Å²) in [4.78, 5) is 0. The molecule has 0 amide bonds. The molecule has 1 unspecified atom stereocenters. The Labute approximate surface area is 103 Å². The van der Waals surface area contributed by atoms with E-state index < -0.39 is 0 Å². The molecule has 1 aromatic carbocycles. The van der Waals surface area contributed by atoms with E-state index in [0.29, 0.717) is 17.5 Å². The Morgan fingerprint density at radius 1 is 1.44 bits per heavy atom. The Bertz CT molecular complexity index is 373. The van der Waals surface area contributed by atoms with Crippen LogP contribution >= 0.6 is 11.6 Å². The molecular weight excluding hydrogens is 218 g/mol. The normalized spacial score (nSPS) is 19.2. The van der Waals surface area contributed by atoms with Gasteiger partial charge in [0, 0.05) is 18.1 Å². The third-order valence-electron chi connectivity index (χ3n) is 3.20. The van der Waals surface area contributed by atoms with Gasteiger partial charge in [-0.05, 0) is 36.3 Å². The Hall–Kier alpha value is -0.790. The zero-order valence-corrected chi connectivity index (χ0v) is 10.3. The number of rotatable bonds is 4. The third kappa shape index (κ3) is 2.87. The highest BCUT2D eigenvalue weighted by Crippen LogP contribution is 2.30. The maximum atomic E-state index is 5.74. The van der Waals surface area contributed by atoms with Gasteiger partial charge in [0.25, 0.3) is 0 Å². The van der Waals surface area contributed by atoms with Gasteiger partial charge < -0.3 is 5.32 Å².